The molecule has 1 aliphatic carbocycles. The van der Waals surface area contributed by atoms with Crippen molar-refractivity contribution in [2.75, 3.05) is 14.2 Å². The fourth-order valence-corrected chi connectivity index (χ4v) is 4.87. The van der Waals surface area contributed by atoms with Gasteiger partial charge in [-0.25, -0.2) is 4.99 Å². The third kappa shape index (κ3) is 3.16. The summed E-state index contributed by atoms with van der Waals surface area (Å²) >= 11 is 0. The molecule has 0 aromatic heterocycles. The topological polar surface area (TPSA) is 67.9 Å². The molecule has 1 unspecified atom stereocenters. The van der Waals surface area contributed by atoms with Crippen LogP contribution in [0.4, 0.5) is 0 Å². The molecular weight excluding hydrogens is 398 g/mol. The molecule has 2 aliphatic rings. The molecule has 1 amide bonds. The van der Waals surface area contributed by atoms with Crippen molar-refractivity contribution in [3.05, 3.63) is 89.0 Å². The smallest absolute Gasteiger partial charge is 0.266 e. The van der Waals surface area contributed by atoms with Crippen LogP contribution in [0, 0.1) is 0 Å². The Hall–Kier alpha value is -3.60. The van der Waals surface area contributed by atoms with Gasteiger partial charge >= 0.3 is 0 Å². The van der Waals surface area contributed by atoms with Crippen LogP contribution in [0.3, 0.4) is 0 Å². The lowest BCUT2D eigenvalue weighted by atomic mass is 9.79. The summed E-state index contributed by atoms with van der Waals surface area (Å²) in [6.45, 7) is 0. The molecule has 32 heavy (non-hydrogen) atoms. The van der Waals surface area contributed by atoms with Gasteiger partial charge in [-0.3, -0.25) is 9.69 Å². The maximum atomic E-state index is 13.7. The third-order valence-electron chi connectivity index (χ3n) is 6.69. The second-order valence-corrected chi connectivity index (χ2v) is 8.55. The van der Waals surface area contributed by atoms with Crippen molar-refractivity contribution in [2.45, 2.75) is 31.2 Å². The quantitative estimate of drug-likeness (QED) is 0.679. The monoisotopic (exact) mass is 425 g/mol. The summed E-state index contributed by atoms with van der Waals surface area (Å²) in [6, 6.07) is 22.3. The second kappa shape index (κ2) is 7.83. The molecule has 5 heteroatoms. The molecule has 0 saturated heterocycles. The summed E-state index contributed by atoms with van der Waals surface area (Å²) in [7, 11) is 3.35. The number of amides is 1. The van der Waals surface area contributed by atoms with E-state index < -0.39 is 5.54 Å². The number of methoxy groups -OCH3 is 1. The first-order valence-electron chi connectivity index (χ1n) is 11.0. The minimum Gasteiger partial charge on any atom is -0.497 e. The molecule has 0 saturated carbocycles. The number of aryl methyl sites for hydroxylation is 2. The molecule has 1 heterocycles. The van der Waals surface area contributed by atoms with E-state index in [0.717, 1.165) is 40.8 Å². The van der Waals surface area contributed by atoms with Gasteiger partial charge in [0.05, 0.1) is 7.11 Å². The van der Waals surface area contributed by atoms with Crippen molar-refractivity contribution in [2.24, 2.45) is 10.7 Å². The van der Waals surface area contributed by atoms with Crippen molar-refractivity contribution in [1.29, 1.82) is 0 Å². The van der Waals surface area contributed by atoms with E-state index in [4.69, 9.17) is 15.5 Å². The summed E-state index contributed by atoms with van der Waals surface area (Å²) in [6.07, 6.45) is 4.51. The first-order chi connectivity index (χ1) is 15.5. The lowest BCUT2D eigenvalue weighted by Gasteiger charge is -2.28. The Balaban J connectivity index is 1.69. The average Bonchev–Trinajstić information content (AvgIpc) is 3.08. The van der Waals surface area contributed by atoms with Crippen LogP contribution in [0.15, 0.2) is 71.7 Å². The van der Waals surface area contributed by atoms with Crippen molar-refractivity contribution < 1.29 is 9.53 Å². The Morgan fingerprint density at radius 3 is 2.31 bits per heavy atom. The van der Waals surface area contributed by atoms with E-state index in [1.807, 2.05) is 48.5 Å². The largest absolute Gasteiger partial charge is 0.497 e. The minimum atomic E-state index is -1.18. The summed E-state index contributed by atoms with van der Waals surface area (Å²) in [4.78, 5) is 19.9. The number of carbonyl (C=O) groups is 1. The second-order valence-electron chi connectivity index (χ2n) is 8.55. The normalized spacial score (nSPS) is 20.1. The molecule has 2 N–H and O–H groups in total. The molecular formula is C27H27N3O2. The first-order valence-corrected chi connectivity index (χ1v) is 11.0. The maximum absolute atomic E-state index is 13.7. The number of hydrogen-bond acceptors (Lipinski definition) is 4. The predicted octanol–water partition coefficient (Wildman–Crippen LogP) is 4.27. The average molecular weight is 426 g/mol. The Morgan fingerprint density at radius 1 is 0.906 bits per heavy atom. The van der Waals surface area contributed by atoms with Gasteiger partial charge in [0, 0.05) is 7.05 Å². The Bertz CT molecular complexity index is 1230. The lowest BCUT2D eigenvalue weighted by molar-refractivity contribution is -0.129. The van der Waals surface area contributed by atoms with Crippen LogP contribution in [0.2, 0.25) is 0 Å². The summed E-state index contributed by atoms with van der Waals surface area (Å²) < 4.78 is 5.39. The van der Waals surface area contributed by atoms with Gasteiger partial charge in [0.25, 0.3) is 5.91 Å². The fourth-order valence-electron chi connectivity index (χ4n) is 4.87. The molecule has 0 radical (unpaired) electrons. The summed E-state index contributed by atoms with van der Waals surface area (Å²) in [5.74, 6) is 0.893. The third-order valence-corrected chi connectivity index (χ3v) is 6.69. The van der Waals surface area contributed by atoms with Gasteiger partial charge in [0.15, 0.2) is 11.5 Å². The number of aliphatic imine (C=N–C) groups is 1. The van der Waals surface area contributed by atoms with Crippen LogP contribution < -0.4 is 10.5 Å². The number of rotatable bonds is 4. The van der Waals surface area contributed by atoms with E-state index in [9.17, 15) is 4.79 Å². The van der Waals surface area contributed by atoms with E-state index in [2.05, 4.69) is 18.2 Å². The van der Waals surface area contributed by atoms with Crippen LogP contribution in [0.5, 0.6) is 5.75 Å². The fraction of sp³-hybridized carbons (Fsp3) is 0.259. The molecule has 1 aliphatic heterocycles. The number of guanidine groups is 1. The number of carbonyl (C=O) groups excluding carboxylic acids is 1. The van der Waals surface area contributed by atoms with Crippen LogP contribution in [0.1, 0.15) is 35.1 Å². The number of nitrogens with two attached hydrogens (primary N) is 1. The highest BCUT2D eigenvalue weighted by atomic mass is 16.5. The van der Waals surface area contributed by atoms with E-state index in [-0.39, 0.29) is 11.9 Å². The van der Waals surface area contributed by atoms with Crippen LogP contribution in [-0.2, 0) is 23.2 Å². The van der Waals surface area contributed by atoms with Crippen LogP contribution in [0.25, 0.3) is 11.1 Å². The zero-order valence-corrected chi connectivity index (χ0v) is 18.5. The number of ether oxygens (including phenoxy) is 1. The maximum Gasteiger partial charge on any atom is 0.266 e. The number of fused-ring (bicyclic) bond motifs is 1. The lowest BCUT2D eigenvalue weighted by Crippen LogP contribution is -2.41. The highest BCUT2D eigenvalue weighted by molar-refractivity contribution is 6.09. The Morgan fingerprint density at radius 2 is 1.59 bits per heavy atom. The summed E-state index contributed by atoms with van der Waals surface area (Å²) in [5.41, 5.74) is 11.4. The molecule has 5 nitrogen and oxygen atoms in total. The SMILES string of the molecule is COc1cccc(-c2cccc(C3(c4ccc5c(c4)CCCC5)N=C(N)N(C)C3=O)c2)c1. The van der Waals surface area contributed by atoms with Crippen molar-refractivity contribution >= 4 is 11.9 Å². The molecule has 3 aromatic carbocycles. The van der Waals surface area contributed by atoms with E-state index >= 15 is 0 Å². The molecule has 162 valence electrons. The van der Waals surface area contributed by atoms with Crippen LogP contribution in [-0.4, -0.2) is 30.9 Å². The van der Waals surface area contributed by atoms with Gasteiger partial charge < -0.3 is 10.5 Å². The molecule has 5 rings (SSSR count). The predicted molar refractivity (Wildman–Crippen MR) is 127 cm³/mol. The van der Waals surface area contributed by atoms with Gasteiger partial charge in [-0.15, -0.1) is 0 Å². The van der Waals surface area contributed by atoms with Gasteiger partial charge in [0.1, 0.15) is 5.75 Å². The molecule has 0 fully saturated rings. The minimum absolute atomic E-state index is 0.131. The molecule has 0 bridgehead atoms. The van der Waals surface area contributed by atoms with E-state index in [1.165, 1.54) is 28.9 Å². The molecule has 0 spiro atoms. The summed E-state index contributed by atoms with van der Waals surface area (Å²) in [5, 5.41) is 0. The van der Waals surface area contributed by atoms with Gasteiger partial charge in [-0.1, -0.05) is 48.5 Å². The van der Waals surface area contributed by atoms with Crippen LogP contribution >= 0.6 is 0 Å². The van der Waals surface area contributed by atoms with E-state index in [0.29, 0.717) is 0 Å². The Kier molecular flexibility index (Phi) is 4.97. The van der Waals surface area contributed by atoms with Gasteiger partial charge in [0.2, 0.25) is 0 Å². The zero-order chi connectivity index (χ0) is 22.3. The number of nitrogens with zero attached hydrogens (tertiary/aromatic N) is 2. The van der Waals surface area contributed by atoms with Crippen molar-refractivity contribution in [1.82, 2.24) is 4.90 Å². The number of benzene rings is 3. The van der Waals surface area contributed by atoms with Gasteiger partial charge in [-0.05, 0) is 77.3 Å². The van der Waals surface area contributed by atoms with Crippen molar-refractivity contribution in [3.63, 3.8) is 0 Å². The molecule has 3 aromatic rings. The van der Waals surface area contributed by atoms with Gasteiger partial charge in [-0.2, -0.15) is 0 Å². The number of likely N-dealkylation sites (N-methyl/N-ethyl adjacent to an activating group) is 1. The number of hydrogen-bond donors (Lipinski definition) is 1. The zero-order valence-electron chi connectivity index (χ0n) is 18.5. The van der Waals surface area contributed by atoms with Crippen molar-refractivity contribution in [3.8, 4) is 16.9 Å². The Labute approximate surface area is 188 Å². The standard InChI is InChI=1S/C27H27N3O2/c1-30-25(31)27(29-26(30)28,23-14-13-18-7-3-4-8-19(18)15-23)22-11-5-9-20(16-22)21-10-6-12-24(17-21)32-2/h5-6,9-17H,3-4,7-8H2,1-2H3,(H2,28,29). The highest BCUT2D eigenvalue weighted by Crippen LogP contribution is 2.42. The molecule has 1 atom stereocenters. The highest BCUT2D eigenvalue weighted by Gasteiger charge is 2.49. The van der Waals surface area contributed by atoms with E-state index in [1.54, 1.807) is 14.2 Å². The first kappa shape index (κ1) is 20.3.